The van der Waals surface area contributed by atoms with Gasteiger partial charge in [0.15, 0.2) is 11.4 Å². The van der Waals surface area contributed by atoms with Crippen molar-refractivity contribution in [3.8, 4) is 0 Å². The summed E-state index contributed by atoms with van der Waals surface area (Å²) < 4.78 is 2.43. The quantitative estimate of drug-likeness (QED) is 0.466. The zero-order chi connectivity index (χ0) is 13.9. The van der Waals surface area contributed by atoms with Gasteiger partial charge in [-0.05, 0) is 23.9 Å². The molecule has 2 aromatic carbocycles. The molecular formula is C19H20IN. The summed E-state index contributed by atoms with van der Waals surface area (Å²) in [6.07, 6.45) is 0.986. The van der Waals surface area contributed by atoms with E-state index in [2.05, 4.69) is 79.1 Å². The lowest BCUT2D eigenvalue weighted by molar-refractivity contribution is -0.704. The zero-order valence-electron chi connectivity index (χ0n) is 12.5. The van der Waals surface area contributed by atoms with Gasteiger partial charge >= 0.3 is 0 Å². The second-order valence-electron chi connectivity index (χ2n) is 5.21. The van der Waals surface area contributed by atoms with Crippen molar-refractivity contribution >= 4 is 10.8 Å². The molecule has 0 saturated heterocycles. The Balaban J connectivity index is 0.00000161. The van der Waals surface area contributed by atoms with Gasteiger partial charge < -0.3 is 24.0 Å². The minimum absolute atomic E-state index is 0. The Bertz CT molecular complexity index is 735. The van der Waals surface area contributed by atoms with E-state index in [1.807, 2.05) is 0 Å². The molecule has 1 heterocycles. The molecular weight excluding hydrogens is 369 g/mol. The average Bonchev–Trinajstić information content (AvgIpc) is 2.49. The molecule has 3 aromatic rings. The molecule has 3 rings (SSSR count). The number of aromatic nitrogens is 1. The van der Waals surface area contributed by atoms with Crippen LogP contribution in [0.25, 0.3) is 10.8 Å². The summed E-state index contributed by atoms with van der Waals surface area (Å²) in [5.41, 5.74) is 4.11. The number of nitrogens with zero attached hydrogens (tertiary/aromatic N) is 1. The van der Waals surface area contributed by atoms with Gasteiger partial charge in [-0.3, -0.25) is 0 Å². The van der Waals surface area contributed by atoms with E-state index in [0.29, 0.717) is 0 Å². The third-order valence-corrected chi connectivity index (χ3v) is 3.97. The minimum Gasteiger partial charge on any atom is -1.00 e. The van der Waals surface area contributed by atoms with Crippen LogP contribution in [0.4, 0.5) is 0 Å². The summed E-state index contributed by atoms with van der Waals surface area (Å²) in [6.45, 7) is 5.45. The number of pyridine rings is 1. The Labute approximate surface area is 143 Å². The van der Waals surface area contributed by atoms with E-state index < -0.39 is 0 Å². The predicted molar refractivity (Wildman–Crippen MR) is 83.8 cm³/mol. The van der Waals surface area contributed by atoms with Gasteiger partial charge in [0.1, 0.15) is 6.54 Å². The van der Waals surface area contributed by atoms with Gasteiger partial charge in [-0.2, -0.15) is 4.57 Å². The van der Waals surface area contributed by atoms with E-state index in [-0.39, 0.29) is 24.0 Å². The fourth-order valence-corrected chi connectivity index (χ4v) is 2.96. The van der Waals surface area contributed by atoms with Gasteiger partial charge in [0.25, 0.3) is 0 Å². The molecule has 0 fully saturated rings. The van der Waals surface area contributed by atoms with Gasteiger partial charge in [-0.1, -0.05) is 48.5 Å². The van der Waals surface area contributed by atoms with Crippen molar-refractivity contribution < 1.29 is 28.5 Å². The van der Waals surface area contributed by atoms with Crippen LogP contribution in [-0.4, -0.2) is 0 Å². The molecule has 2 heteroatoms. The second-order valence-corrected chi connectivity index (χ2v) is 5.21. The Hall–Kier alpha value is -1.42. The highest BCUT2D eigenvalue weighted by atomic mass is 127. The van der Waals surface area contributed by atoms with Crippen LogP contribution >= 0.6 is 0 Å². The van der Waals surface area contributed by atoms with Gasteiger partial charge in [-0.15, -0.1) is 0 Å². The van der Waals surface area contributed by atoms with Crippen molar-refractivity contribution in [1.82, 2.24) is 0 Å². The van der Waals surface area contributed by atoms with E-state index in [1.54, 1.807) is 0 Å². The Kier molecular flexibility index (Phi) is 5.34. The van der Waals surface area contributed by atoms with E-state index in [0.717, 1.165) is 13.0 Å². The van der Waals surface area contributed by atoms with E-state index in [9.17, 15) is 0 Å². The van der Waals surface area contributed by atoms with Gasteiger partial charge in [0, 0.05) is 18.4 Å². The maximum Gasteiger partial charge on any atom is 0.186 e. The first-order valence-electron chi connectivity index (χ1n) is 7.24. The van der Waals surface area contributed by atoms with E-state index >= 15 is 0 Å². The van der Waals surface area contributed by atoms with Crippen LogP contribution in [0.5, 0.6) is 0 Å². The first-order valence-corrected chi connectivity index (χ1v) is 7.24. The highest BCUT2D eigenvalue weighted by molar-refractivity contribution is 5.83. The third-order valence-electron chi connectivity index (χ3n) is 3.97. The fraction of sp³-hybridized carbons (Fsp3) is 0.211. The molecule has 108 valence electrons. The summed E-state index contributed by atoms with van der Waals surface area (Å²) in [4.78, 5) is 0. The van der Waals surface area contributed by atoms with E-state index in [1.165, 1.54) is 27.7 Å². The monoisotopic (exact) mass is 389 g/mol. The lowest BCUT2D eigenvalue weighted by Gasteiger charge is -2.09. The van der Waals surface area contributed by atoms with Crippen molar-refractivity contribution in [1.29, 1.82) is 0 Å². The predicted octanol–water partition coefficient (Wildman–Crippen LogP) is 1.05. The standard InChI is InChI=1S/C19H20N.HI/c1-3-20-15(2)19-12-8-7-11-17(19)14-18(20)13-16-9-5-4-6-10-16;/h4-12,14H,3,13H2,1-2H3;1H/q+1;/p-1. The third kappa shape index (κ3) is 3.26. The molecule has 0 unspecified atom stereocenters. The van der Waals surface area contributed by atoms with Crippen LogP contribution in [0.15, 0.2) is 60.7 Å². The molecule has 0 aliphatic carbocycles. The maximum atomic E-state index is 2.43. The SMILES string of the molecule is CC[n+]1c(Cc2ccccc2)cc2ccccc2c1C.[I-]. The molecule has 1 aromatic heterocycles. The molecule has 0 aliphatic rings. The second kappa shape index (κ2) is 7.03. The number of fused-ring (bicyclic) bond motifs is 1. The summed E-state index contributed by atoms with van der Waals surface area (Å²) in [5, 5.41) is 2.69. The van der Waals surface area contributed by atoms with Crippen LogP contribution in [0.1, 0.15) is 23.9 Å². The summed E-state index contributed by atoms with van der Waals surface area (Å²) >= 11 is 0. The van der Waals surface area contributed by atoms with Crippen LogP contribution in [-0.2, 0) is 13.0 Å². The molecule has 0 amide bonds. The topological polar surface area (TPSA) is 3.88 Å². The van der Waals surface area contributed by atoms with E-state index in [4.69, 9.17) is 0 Å². The lowest BCUT2D eigenvalue weighted by atomic mass is 10.0. The molecule has 1 nitrogen and oxygen atoms in total. The highest BCUT2D eigenvalue weighted by Crippen LogP contribution is 2.18. The summed E-state index contributed by atoms with van der Waals surface area (Å²) in [5.74, 6) is 0. The molecule has 0 aliphatic heterocycles. The molecule has 0 saturated carbocycles. The Morgan fingerprint density at radius 3 is 2.29 bits per heavy atom. The molecule has 0 N–H and O–H groups in total. The number of aryl methyl sites for hydroxylation is 1. The molecule has 0 bridgehead atoms. The fourth-order valence-electron chi connectivity index (χ4n) is 2.96. The van der Waals surface area contributed by atoms with Crippen LogP contribution in [0.2, 0.25) is 0 Å². The number of halogens is 1. The van der Waals surface area contributed by atoms with Gasteiger partial charge in [0.05, 0.1) is 6.42 Å². The van der Waals surface area contributed by atoms with Crippen LogP contribution in [0.3, 0.4) is 0 Å². The number of hydrogen-bond acceptors (Lipinski definition) is 0. The van der Waals surface area contributed by atoms with Crippen molar-refractivity contribution in [2.24, 2.45) is 0 Å². The lowest BCUT2D eigenvalue weighted by Crippen LogP contribution is -3.00. The zero-order valence-corrected chi connectivity index (χ0v) is 14.7. The largest absolute Gasteiger partial charge is 1.00 e. The average molecular weight is 389 g/mol. The normalized spacial score (nSPS) is 10.4. The van der Waals surface area contributed by atoms with Gasteiger partial charge in [0.2, 0.25) is 0 Å². The smallest absolute Gasteiger partial charge is 0.186 e. The molecule has 0 atom stereocenters. The summed E-state index contributed by atoms with van der Waals surface area (Å²) in [7, 11) is 0. The van der Waals surface area contributed by atoms with Crippen LogP contribution in [0, 0.1) is 6.92 Å². The first kappa shape index (κ1) is 16.0. The first-order chi connectivity index (χ1) is 9.79. The maximum absolute atomic E-state index is 2.43. The minimum atomic E-state index is 0. The number of rotatable bonds is 3. The Morgan fingerprint density at radius 1 is 0.905 bits per heavy atom. The van der Waals surface area contributed by atoms with Crippen LogP contribution < -0.4 is 28.5 Å². The summed E-state index contributed by atoms with van der Waals surface area (Å²) in [6, 6.07) is 21.7. The number of hydrogen-bond donors (Lipinski definition) is 0. The van der Waals surface area contributed by atoms with Gasteiger partial charge in [-0.25, -0.2) is 0 Å². The molecule has 0 radical (unpaired) electrons. The van der Waals surface area contributed by atoms with Crippen molar-refractivity contribution in [2.45, 2.75) is 26.8 Å². The Morgan fingerprint density at radius 2 is 1.57 bits per heavy atom. The molecule has 21 heavy (non-hydrogen) atoms. The highest BCUT2D eigenvalue weighted by Gasteiger charge is 2.16. The van der Waals surface area contributed by atoms with Crippen molar-refractivity contribution in [3.05, 3.63) is 77.6 Å². The van der Waals surface area contributed by atoms with Crippen molar-refractivity contribution in [3.63, 3.8) is 0 Å². The number of benzene rings is 2. The van der Waals surface area contributed by atoms with Crippen molar-refractivity contribution in [2.75, 3.05) is 0 Å². The molecule has 0 spiro atoms.